The van der Waals surface area contributed by atoms with Crippen molar-refractivity contribution in [2.24, 2.45) is 5.92 Å². The normalized spacial score (nSPS) is 12.7. The minimum absolute atomic E-state index is 0.0210. The van der Waals surface area contributed by atoms with Gasteiger partial charge in [0.15, 0.2) is 5.16 Å². The quantitative estimate of drug-likeness (QED) is 0.362. The first-order valence-electron chi connectivity index (χ1n) is 10.9. The molecule has 166 valence electrons. The van der Waals surface area contributed by atoms with E-state index in [4.69, 9.17) is 10.4 Å². The first-order valence-corrected chi connectivity index (χ1v) is 11.7. The molecule has 0 saturated carbocycles. The molecule has 1 aromatic carbocycles. The summed E-state index contributed by atoms with van der Waals surface area (Å²) in [5.74, 6) is 0.820. The molecule has 3 rings (SSSR count). The van der Waals surface area contributed by atoms with E-state index in [1.165, 1.54) is 34.4 Å². The molecule has 1 aromatic heterocycles. The molecular weight excluding hydrogens is 406 g/mol. The molecule has 1 aliphatic carbocycles. The van der Waals surface area contributed by atoms with Crippen LogP contribution >= 0.6 is 11.8 Å². The smallest absolute Gasteiger partial charge is 0.222 e. The molecule has 31 heavy (non-hydrogen) atoms. The third kappa shape index (κ3) is 5.39. The number of hydrogen-bond donors (Lipinski definition) is 3. The van der Waals surface area contributed by atoms with Crippen LogP contribution in [-0.4, -0.2) is 27.7 Å². The Hall–Kier alpha value is -2.54. The van der Waals surface area contributed by atoms with Gasteiger partial charge in [-0.05, 0) is 68.5 Å². The Bertz CT molecular complexity index is 992. The lowest BCUT2D eigenvalue weighted by Gasteiger charge is -2.14. The summed E-state index contributed by atoms with van der Waals surface area (Å²) < 4.78 is 2.11. The van der Waals surface area contributed by atoms with Gasteiger partial charge in [-0.1, -0.05) is 38.3 Å². The van der Waals surface area contributed by atoms with E-state index in [9.17, 15) is 4.79 Å². The van der Waals surface area contributed by atoms with Gasteiger partial charge in [-0.2, -0.15) is 0 Å². The molecule has 1 aliphatic rings. The Labute approximate surface area is 189 Å². The van der Waals surface area contributed by atoms with Crippen LogP contribution in [0.25, 0.3) is 0 Å². The van der Waals surface area contributed by atoms with Crippen LogP contribution in [0.15, 0.2) is 35.0 Å². The highest BCUT2D eigenvalue weighted by atomic mass is 32.2. The topological polar surface area (TPSA) is 82.8 Å². The second-order valence-electron chi connectivity index (χ2n) is 8.36. The summed E-state index contributed by atoms with van der Waals surface area (Å²) in [6.45, 7) is 12.8. The number of hydrogen-bond acceptors (Lipinski definition) is 5. The molecule has 0 bridgehead atoms. The van der Waals surface area contributed by atoms with Crippen LogP contribution in [0.3, 0.4) is 0 Å². The fraction of sp³-hybridized carbons (Fsp3) is 0.458. The summed E-state index contributed by atoms with van der Waals surface area (Å²) in [5, 5.41) is 15.2. The molecule has 7 heteroatoms. The Morgan fingerprint density at radius 3 is 2.71 bits per heavy atom. The number of fused-ring (bicyclic) bond motifs is 1. The highest BCUT2D eigenvalue weighted by molar-refractivity contribution is 7.99. The van der Waals surface area contributed by atoms with E-state index in [1.807, 2.05) is 13.8 Å². The summed E-state index contributed by atoms with van der Waals surface area (Å²) in [4.78, 5) is 17.9. The molecule has 0 atom stereocenters. The van der Waals surface area contributed by atoms with Gasteiger partial charge in [-0.25, -0.2) is 4.98 Å². The lowest BCUT2D eigenvalue weighted by Crippen LogP contribution is -2.29. The molecule has 0 saturated heterocycles. The van der Waals surface area contributed by atoms with Gasteiger partial charge in [-0.3, -0.25) is 4.79 Å². The number of benzene rings is 1. The van der Waals surface area contributed by atoms with Gasteiger partial charge in [0.1, 0.15) is 11.5 Å². The molecular formula is C24H33N5OS. The zero-order chi connectivity index (χ0) is 22.5. The Kier molecular flexibility index (Phi) is 7.59. The predicted molar refractivity (Wildman–Crippen MR) is 128 cm³/mol. The standard InChI is InChI=1S/C24H33N5OS/c1-6-26-22-21(17(5)25)28-24(29(22)12-8-11-27-23(30)15(2)3)31-20-14-19-10-7-9-18(19)13-16(20)4/h6,13-15,25-26H,1,7-12H2,2-5H3,(H,27,30). The number of carbonyl (C=O) groups is 1. The van der Waals surface area contributed by atoms with Crippen molar-refractivity contribution >= 4 is 29.2 Å². The molecule has 0 spiro atoms. The van der Waals surface area contributed by atoms with E-state index < -0.39 is 0 Å². The molecule has 1 heterocycles. The third-order valence-corrected chi connectivity index (χ3v) is 6.65. The average molecular weight is 440 g/mol. The van der Waals surface area contributed by atoms with E-state index in [0.29, 0.717) is 24.5 Å². The van der Waals surface area contributed by atoms with Gasteiger partial charge in [-0.15, -0.1) is 0 Å². The maximum Gasteiger partial charge on any atom is 0.222 e. The zero-order valence-electron chi connectivity index (χ0n) is 19.0. The number of rotatable bonds is 10. The van der Waals surface area contributed by atoms with Gasteiger partial charge < -0.3 is 20.6 Å². The van der Waals surface area contributed by atoms with Crippen LogP contribution in [0, 0.1) is 18.3 Å². The number of nitrogens with zero attached hydrogens (tertiary/aromatic N) is 2. The van der Waals surface area contributed by atoms with Crippen LogP contribution in [0.2, 0.25) is 0 Å². The van der Waals surface area contributed by atoms with E-state index >= 15 is 0 Å². The monoisotopic (exact) mass is 439 g/mol. The fourth-order valence-electron chi connectivity index (χ4n) is 3.81. The Morgan fingerprint density at radius 2 is 2.06 bits per heavy atom. The maximum atomic E-state index is 11.9. The summed E-state index contributed by atoms with van der Waals surface area (Å²) in [5.41, 5.74) is 5.21. The van der Waals surface area contributed by atoms with Gasteiger partial charge in [0, 0.05) is 23.9 Å². The van der Waals surface area contributed by atoms with Gasteiger partial charge in [0.25, 0.3) is 0 Å². The highest BCUT2D eigenvalue weighted by Gasteiger charge is 2.21. The van der Waals surface area contributed by atoms with Gasteiger partial charge in [0.05, 0.1) is 5.71 Å². The van der Waals surface area contributed by atoms with E-state index in [2.05, 4.69) is 40.8 Å². The highest BCUT2D eigenvalue weighted by Crippen LogP contribution is 2.36. The van der Waals surface area contributed by atoms with Crippen molar-refractivity contribution < 1.29 is 4.79 Å². The summed E-state index contributed by atoms with van der Waals surface area (Å²) in [6, 6.07) is 4.62. The second-order valence-corrected chi connectivity index (χ2v) is 9.37. The predicted octanol–water partition coefficient (Wildman–Crippen LogP) is 4.94. The van der Waals surface area contributed by atoms with Crippen molar-refractivity contribution in [2.75, 3.05) is 11.9 Å². The Balaban J connectivity index is 1.88. The molecule has 0 unspecified atom stereocenters. The van der Waals surface area contributed by atoms with Crippen LogP contribution in [-0.2, 0) is 24.2 Å². The second kappa shape index (κ2) is 10.2. The average Bonchev–Trinajstić information content (AvgIpc) is 3.30. The number of carbonyl (C=O) groups excluding carboxylic acids is 1. The van der Waals surface area contributed by atoms with Crippen LogP contribution in [0.5, 0.6) is 0 Å². The minimum Gasteiger partial charge on any atom is -0.356 e. The molecule has 2 aromatic rings. The van der Waals surface area contributed by atoms with Crippen molar-refractivity contribution in [2.45, 2.75) is 70.0 Å². The fourth-order valence-corrected chi connectivity index (χ4v) is 4.86. The van der Waals surface area contributed by atoms with Crippen LogP contribution in [0.1, 0.15) is 56.0 Å². The third-order valence-electron chi connectivity index (χ3n) is 5.50. The minimum atomic E-state index is -0.0210. The van der Waals surface area contributed by atoms with Crippen LogP contribution in [0.4, 0.5) is 5.82 Å². The van der Waals surface area contributed by atoms with Crippen molar-refractivity contribution in [1.29, 1.82) is 5.41 Å². The zero-order valence-corrected chi connectivity index (χ0v) is 19.8. The van der Waals surface area contributed by atoms with Crippen LogP contribution < -0.4 is 10.6 Å². The Morgan fingerprint density at radius 1 is 1.35 bits per heavy atom. The number of amides is 1. The molecule has 6 nitrogen and oxygen atoms in total. The van der Waals surface area contributed by atoms with Crippen molar-refractivity contribution in [1.82, 2.24) is 14.9 Å². The van der Waals surface area contributed by atoms with Crippen molar-refractivity contribution in [3.8, 4) is 0 Å². The van der Waals surface area contributed by atoms with Crippen molar-refractivity contribution in [3.05, 3.63) is 47.3 Å². The lowest BCUT2D eigenvalue weighted by molar-refractivity contribution is -0.123. The van der Waals surface area contributed by atoms with Crippen molar-refractivity contribution in [3.63, 3.8) is 0 Å². The molecule has 3 N–H and O–H groups in total. The summed E-state index contributed by atoms with van der Waals surface area (Å²) in [7, 11) is 0. The molecule has 0 aliphatic heterocycles. The number of nitrogens with one attached hydrogen (secondary N) is 3. The molecule has 1 amide bonds. The number of aromatic nitrogens is 2. The number of anilines is 1. The maximum absolute atomic E-state index is 11.9. The molecule has 0 radical (unpaired) electrons. The number of aryl methyl sites for hydroxylation is 3. The van der Waals surface area contributed by atoms with E-state index in [-0.39, 0.29) is 11.8 Å². The number of imidazole rings is 1. The first-order chi connectivity index (χ1) is 14.8. The first kappa shape index (κ1) is 23.1. The largest absolute Gasteiger partial charge is 0.356 e. The lowest BCUT2D eigenvalue weighted by atomic mass is 10.1. The molecule has 0 fully saturated rings. The van der Waals surface area contributed by atoms with E-state index in [1.54, 1.807) is 24.9 Å². The van der Waals surface area contributed by atoms with Gasteiger partial charge in [0.2, 0.25) is 5.91 Å². The summed E-state index contributed by atoms with van der Waals surface area (Å²) >= 11 is 1.65. The summed E-state index contributed by atoms with van der Waals surface area (Å²) in [6.07, 6.45) is 5.93. The SMILES string of the molecule is C=CNc1c(C(C)=N)nc(Sc2cc3c(cc2C)CCC3)n1CCCNC(=O)C(C)C. The van der Waals surface area contributed by atoms with E-state index in [0.717, 1.165) is 23.8 Å². The van der Waals surface area contributed by atoms with Gasteiger partial charge >= 0.3 is 0 Å².